The third kappa shape index (κ3) is 5.96. The molecule has 1 aliphatic heterocycles. The molecule has 28 heavy (non-hydrogen) atoms. The van der Waals surface area contributed by atoms with E-state index in [9.17, 15) is 27.6 Å². The third-order valence-corrected chi connectivity index (χ3v) is 3.52. The number of rotatable bonds is 7. The molecule has 0 aromatic heterocycles. The molecule has 152 valence electrons. The second-order valence-electron chi connectivity index (χ2n) is 5.77. The van der Waals surface area contributed by atoms with Gasteiger partial charge in [0.25, 0.3) is 5.91 Å². The number of halogens is 3. The van der Waals surface area contributed by atoms with Crippen LogP contribution in [0.1, 0.15) is 31.7 Å². The Hall–Kier alpha value is -3.11. The zero-order valence-electron chi connectivity index (χ0n) is 14.9. The summed E-state index contributed by atoms with van der Waals surface area (Å²) >= 11 is 0. The fourth-order valence-corrected chi connectivity index (χ4v) is 2.16. The van der Waals surface area contributed by atoms with Crippen LogP contribution in [0.25, 0.3) is 0 Å². The van der Waals surface area contributed by atoms with E-state index in [1.54, 1.807) is 0 Å². The van der Waals surface area contributed by atoms with Crippen LogP contribution in [-0.2, 0) is 25.3 Å². The molecule has 2 amide bonds. The van der Waals surface area contributed by atoms with Crippen molar-refractivity contribution in [1.82, 2.24) is 5.43 Å². The number of hydrogen-bond acceptors (Lipinski definition) is 6. The minimum absolute atomic E-state index is 0.0570. The molecule has 0 bridgehead atoms. The third-order valence-electron chi connectivity index (χ3n) is 3.52. The van der Waals surface area contributed by atoms with Gasteiger partial charge in [-0.25, -0.2) is 10.2 Å². The highest BCUT2D eigenvalue weighted by atomic mass is 19.4. The van der Waals surface area contributed by atoms with E-state index in [4.69, 9.17) is 9.47 Å². The normalized spacial score (nSPS) is 14.0. The summed E-state index contributed by atoms with van der Waals surface area (Å²) in [6, 6.07) is 2.70. The molecule has 11 heteroatoms. The molecule has 1 aromatic rings. The highest BCUT2D eigenvalue weighted by Crippen LogP contribution is 2.35. The monoisotopic (exact) mass is 401 g/mol. The highest BCUT2D eigenvalue weighted by Gasteiger charge is 2.31. The smallest absolute Gasteiger partial charge is 0.416 e. The summed E-state index contributed by atoms with van der Waals surface area (Å²) in [6.07, 6.45) is -3.86. The van der Waals surface area contributed by atoms with Crippen molar-refractivity contribution in [3.05, 3.63) is 23.8 Å². The molecule has 0 aliphatic carbocycles. The van der Waals surface area contributed by atoms with E-state index in [-0.39, 0.29) is 42.5 Å². The Morgan fingerprint density at radius 3 is 2.64 bits per heavy atom. The Morgan fingerprint density at radius 2 is 2.04 bits per heavy atom. The van der Waals surface area contributed by atoms with Gasteiger partial charge in [-0.1, -0.05) is 6.92 Å². The molecule has 0 saturated carbocycles. The standard InChI is InChI=1S/C17H18F3N3O5/c1-2-7-27-13-5-3-10(17(18,19)20)8-12(13)21-15(25)9-28-16(26)11-4-6-14(24)23-22-11/h3,5,8H,2,4,6-7,9H2,1H3,(H,21,25)(H,23,24). The first-order valence-corrected chi connectivity index (χ1v) is 8.37. The Balaban J connectivity index is 2.02. The lowest BCUT2D eigenvalue weighted by molar-refractivity contribution is -0.140. The summed E-state index contributed by atoms with van der Waals surface area (Å²) in [6.45, 7) is 1.32. The van der Waals surface area contributed by atoms with E-state index in [1.807, 2.05) is 6.92 Å². The molecule has 1 aromatic carbocycles. The molecule has 0 radical (unpaired) electrons. The Labute approximate surface area is 158 Å². The summed E-state index contributed by atoms with van der Waals surface area (Å²) in [7, 11) is 0. The quantitative estimate of drug-likeness (QED) is 0.682. The van der Waals surface area contributed by atoms with E-state index in [0.29, 0.717) is 6.42 Å². The lowest BCUT2D eigenvalue weighted by Gasteiger charge is -2.15. The molecule has 2 rings (SSSR count). The second kappa shape index (κ2) is 9.20. The Bertz CT molecular complexity index is 793. The van der Waals surface area contributed by atoms with Crippen molar-refractivity contribution in [2.75, 3.05) is 18.5 Å². The predicted molar refractivity (Wildman–Crippen MR) is 91.6 cm³/mol. The van der Waals surface area contributed by atoms with E-state index in [2.05, 4.69) is 15.8 Å². The van der Waals surface area contributed by atoms with Crippen molar-refractivity contribution in [1.29, 1.82) is 0 Å². The van der Waals surface area contributed by atoms with Crippen LogP contribution in [0.5, 0.6) is 5.75 Å². The van der Waals surface area contributed by atoms with Gasteiger partial charge in [-0.15, -0.1) is 0 Å². The van der Waals surface area contributed by atoms with Crippen molar-refractivity contribution in [3.8, 4) is 5.75 Å². The van der Waals surface area contributed by atoms with Crippen molar-refractivity contribution >= 4 is 29.2 Å². The molecular weight excluding hydrogens is 383 g/mol. The average Bonchev–Trinajstić information content (AvgIpc) is 2.65. The van der Waals surface area contributed by atoms with Gasteiger partial charge < -0.3 is 14.8 Å². The molecular formula is C17H18F3N3O5. The summed E-state index contributed by atoms with van der Waals surface area (Å²) in [4.78, 5) is 34.8. The van der Waals surface area contributed by atoms with Crippen molar-refractivity contribution in [2.45, 2.75) is 32.4 Å². The molecule has 0 fully saturated rings. The number of benzene rings is 1. The molecule has 1 aliphatic rings. The largest absolute Gasteiger partial charge is 0.491 e. The van der Waals surface area contributed by atoms with Gasteiger partial charge in [-0.3, -0.25) is 9.59 Å². The van der Waals surface area contributed by atoms with Crippen molar-refractivity contribution in [3.63, 3.8) is 0 Å². The Kier molecular flexibility index (Phi) is 6.96. The van der Waals surface area contributed by atoms with Gasteiger partial charge in [-0.2, -0.15) is 18.3 Å². The highest BCUT2D eigenvalue weighted by molar-refractivity contribution is 6.37. The second-order valence-corrected chi connectivity index (χ2v) is 5.77. The lowest BCUT2D eigenvalue weighted by atomic mass is 10.1. The topological polar surface area (TPSA) is 106 Å². The zero-order valence-corrected chi connectivity index (χ0v) is 14.9. The molecule has 8 nitrogen and oxygen atoms in total. The fraction of sp³-hybridized carbons (Fsp3) is 0.412. The molecule has 0 saturated heterocycles. The first-order valence-electron chi connectivity index (χ1n) is 8.37. The van der Waals surface area contributed by atoms with Gasteiger partial charge >= 0.3 is 12.1 Å². The van der Waals surface area contributed by atoms with Crippen LogP contribution in [0.15, 0.2) is 23.3 Å². The Morgan fingerprint density at radius 1 is 1.29 bits per heavy atom. The number of alkyl halides is 3. The number of anilines is 1. The van der Waals surface area contributed by atoms with Gasteiger partial charge in [0.1, 0.15) is 11.5 Å². The molecule has 2 N–H and O–H groups in total. The number of nitrogens with zero attached hydrogens (tertiary/aromatic N) is 1. The number of hydrogen-bond donors (Lipinski definition) is 2. The van der Waals surface area contributed by atoms with Crippen LogP contribution in [0.3, 0.4) is 0 Å². The maximum Gasteiger partial charge on any atom is 0.416 e. The van der Waals surface area contributed by atoms with Gasteiger partial charge in [0, 0.05) is 12.8 Å². The van der Waals surface area contributed by atoms with E-state index in [0.717, 1.165) is 18.2 Å². The van der Waals surface area contributed by atoms with Crippen LogP contribution < -0.4 is 15.5 Å². The summed E-state index contributed by atoms with van der Waals surface area (Å²) < 4.78 is 48.8. The summed E-state index contributed by atoms with van der Waals surface area (Å²) in [5.41, 5.74) is 0.905. The van der Waals surface area contributed by atoms with Crippen LogP contribution in [-0.4, -0.2) is 36.7 Å². The van der Waals surface area contributed by atoms with E-state index < -0.39 is 30.2 Å². The average molecular weight is 401 g/mol. The first-order chi connectivity index (χ1) is 13.2. The number of nitrogens with one attached hydrogen (secondary N) is 2. The number of amides is 2. The van der Waals surface area contributed by atoms with Crippen molar-refractivity contribution in [2.24, 2.45) is 5.10 Å². The number of ether oxygens (including phenoxy) is 2. The van der Waals surface area contributed by atoms with Crippen LogP contribution in [0.2, 0.25) is 0 Å². The fourth-order valence-electron chi connectivity index (χ4n) is 2.16. The van der Waals surface area contributed by atoms with E-state index in [1.165, 1.54) is 0 Å². The molecule has 0 unspecified atom stereocenters. The molecule has 0 spiro atoms. The van der Waals surface area contributed by atoms with Gasteiger partial charge in [0.15, 0.2) is 6.61 Å². The van der Waals surface area contributed by atoms with Crippen LogP contribution in [0, 0.1) is 0 Å². The van der Waals surface area contributed by atoms with Crippen LogP contribution >= 0.6 is 0 Å². The minimum atomic E-state index is -4.60. The number of esters is 1. The van der Waals surface area contributed by atoms with Gasteiger partial charge in [-0.05, 0) is 24.6 Å². The molecule has 1 heterocycles. The number of carbonyl (C=O) groups is 3. The van der Waals surface area contributed by atoms with E-state index >= 15 is 0 Å². The first kappa shape index (κ1) is 21.2. The number of hydrazone groups is 1. The van der Waals surface area contributed by atoms with Gasteiger partial charge in [0.05, 0.1) is 17.9 Å². The maximum atomic E-state index is 12.9. The zero-order chi connectivity index (χ0) is 20.7. The summed E-state index contributed by atoms with van der Waals surface area (Å²) in [5, 5.41) is 5.77. The molecule has 0 atom stereocenters. The van der Waals surface area contributed by atoms with Crippen LogP contribution in [0.4, 0.5) is 18.9 Å². The summed E-state index contributed by atoms with van der Waals surface area (Å²) in [5.74, 6) is -2.04. The minimum Gasteiger partial charge on any atom is -0.491 e. The predicted octanol–water partition coefficient (Wildman–Crippen LogP) is 2.24. The van der Waals surface area contributed by atoms with Crippen molar-refractivity contribution < 1.29 is 37.0 Å². The number of carbonyl (C=O) groups excluding carboxylic acids is 3. The maximum absolute atomic E-state index is 12.9. The lowest BCUT2D eigenvalue weighted by Crippen LogP contribution is -2.32. The SMILES string of the molecule is CCCOc1ccc(C(F)(F)F)cc1NC(=O)COC(=O)C1=NNC(=O)CC1. The van der Waals surface area contributed by atoms with Gasteiger partial charge in [0.2, 0.25) is 5.91 Å².